The van der Waals surface area contributed by atoms with Crippen molar-refractivity contribution in [2.75, 3.05) is 5.32 Å². The van der Waals surface area contributed by atoms with Crippen molar-refractivity contribution in [2.45, 2.75) is 26.3 Å². The van der Waals surface area contributed by atoms with Crippen LogP contribution in [-0.4, -0.2) is 9.55 Å². The molecule has 1 heterocycles. The Labute approximate surface area is 142 Å². The minimum atomic E-state index is -0.232. The highest BCUT2D eigenvalue weighted by molar-refractivity contribution is 5.61. The fourth-order valence-corrected chi connectivity index (χ4v) is 2.66. The molecule has 0 aliphatic heterocycles. The summed E-state index contributed by atoms with van der Waals surface area (Å²) < 4.78 is 15.0. The van der Waals surface area contributed by atoms with Gasteiger partial charge in [0.15, 0.2) is 0 Å². The van der Waals surface area contributed by atoms with Crippen LogP contribution >= 0.6 is 0 Å². The van der Waals surface area contributed by atoms with Gasteiger partial charge in [-0.05, 0) is 41.3 Å². The number of imidazole rings is 1. The van der Waals surface area contributed by atoms with Crippen LogP contribution in [0.1, 0.15) is 30.9 Å². The zero-order valence-electron chi connectivity index (χ0n) is 14.3. The van der Waals surface area contributed by atoms with Crippen LogP contribution in [0.25, 0.3) is 11.3 Å². The zero-order valence-corrected chi connectivity index (χ0v) is 14.3. The smallest absolute Gasteiger partial charge is 0.203 e. The first-order chi connectivity index (χ1) is 11.5. The Kier molecular flexibility index (Phi) is 4.65. The number of benzene rings is 2. The van der Waals surface area contributed by atoms with Gasteiger partial charge in [-0.25, -0.2) is 9.37 Å². The lowest BCUT2D eigenvalue weighted by molar-refractivity contribution is 0.628. The van der Waals surface area contributed by atoms with Crippen LogP contribution in [0, 0.1) is 5.82 Å². The molecule has 0 unspecified atom stereocenters. The van der Waals surface area contributed by atoms with E-state index in [4.69, 9.17) is 0 Å². The van der Waals surface area contributed by atoms with Crippen LogP contribution in [0.3, 0.4) is 0 Å². The van der Waals surface area contributed by atoms with Crippen molar-refractivity contribution < 1.29 is 4.39 Å². The summed E-state index contributed by atoms with van der Waals surface area (Å²) >= 11 is 0. The second kappa shape index (κ2) is 6.87. The molecule has 0 aliphatic rings. The molecule has 0 amide bonds. The molecule has 4 heteroatoms. The third-order valence-corrected chi connectivity index (χ3v) is 4.23. The summed E-state index contributed by atoms with van der Waals surface area (Å²) in [5, 5.41) is 3.36. The van der Waals surface area contributed by atoms with Gasteiger partial charge in [-0.15, -0.1) is 0 Å². The number of nitrogens with one attached hydrogen (secondary N) is 1. The van der Waals surface area contributed by atoms with Crippen molar-refractivity contribution in [2.24, 2.45) is 7.05 Å². The predicted molar refractivity (Wildman–Crippen MR) is 96.5 cm³/mol. The molecular formula is C20H22FN3. The Balaban J connectivity index is 1.71. The van der Waals surface area contributed by atoms with E-state index in [9.17, 15) is 4.39 Å². The molecule has 3 rings (SSSR count). The number of aromatic nitrogens is 2. The fraction of sp³-hybridized carbons (Fsp3) is 0.250. The van der Waals surface area contributed by atoms with Crippen molar-refractivity contribution in [3.8, 4) is 11.3 Å². The van der Waals surface area contributed by atoms with Gasteiger partial charge in [0, 0.05) is 19.2 Å². The van der Waals surface area contributed by atoms with Crippen LogP contribution in [0.4, 0.5) is 10.3 Å². The molecule has 0 bridgehead atoms. The highest BCUT2D eigenvalue weighted by Crippen LogP contribution is 2.22. The molecule has 0 aliphatic carbocycles. The Hall–Kier alpha value is -2.62. The van der Waals surface area contributed by atoms with Gasteiger partial charge in [-0.3, -0.25) is 0 Å². The molecule has 1 aromatic heterocycles. The SMILES string of the molecule is CC(C)c1ccc(CNc2ncc(-c3ccc(F)cc3)n2C)cc1. The second-order valence-corrected chi connectivity index (χ2v) is 6.28. The average molecular weight is 323 g/mol. The summed E-state index contributed by atoms with van der Waals surface area (Å²) in [5.41, 5.74) is 4.45. The van der Waals surface area contributed by atoms with Crippen molar-refractivity contribution >= 4 is 5.95 Å². The van der Waals surface area contributed by atoms with Gasteiger partial charge in [0.1, 0.15) is 5.82 Å². The summed E-state index contributed by atoms with van der Waals surface area (Å²) in [5.74, 6) is 1.10. The second-order valence-electron chi connectivity index (χ2n) is 6.28. The summed E-state index contributed by atoms with van der Waals surface area (Å²) in [6.07, 6.45) is 1.80. The van der Waals surface area contributed by atoms with Crippen molar-refractivity contribution in [3.63, 3.8) is 0 Å². The Morgan fingerprint density at radius 1 is 1.04 bits per heavy atom. The molecule has 0 fully saturated rings. The maximum absolute atomic E-state index is 13.1. The molecule has 0 saturated carbocycles. The predicted octanol–water partition coefficient (Wildman–Crippen LogP) is 4.96. The summed E-state index contributed by atoms with van der Waals surface area (Å²) in [6.45, 7) is 5.10. The van der Waals surface area contributed by atoms with E-state index in [0.29, 0.717) is 12.5 Å². The molecule has 3 nitrogen and oxygen atoms in total. The average Bonchev–Trinajstić information content (AvgIpc) is 2.95. The number of hydrogen-bond donors (Lipinski definition) is 1. The third kappa shape index (κ3) is 3.48. The first-order valence-electron chi connectivity index (χ1n) is 8.15. The largest absolute Gasteiger partial charge is 0.352 e. The molecule has 1 N–H and O–H groups in total. The highest BCUT2D eigenvalue weighted by atomic mass is 19.1. The molecule has 0 saturated heterocycles. The molecule has 2 aromatic carbocycles. The van der Waals surface area contributed by atoms with Gasteiger partial charge >= 0.3 is 0 Å². The van der Waals surface area contributed by atoms with Gasteiger partial charge in [0.25, 0.3) is 0 Å². The van der Waals surface area contributed by atoms with E-state index in [1.165, 1.54) is 23.3 Å². The Morgan fingerprint density at radius 3 is 2.33 bits per heavy atom. The molecule has 0 spiro atoms. The quantitative estimate of drug-likeness (QED) is 0.719. The highest BCUT2D eigenvalue weighted by Gasteiger charge is 2.08. The first-order valence-corrected chi connectivity index (χ1v) is 8.15. The summed E-state index contributed by atoms with van der Waals surface area (Å²) in [7, 11) is 1.95. The van der Waals surface area contributed by atoms with Gasteiger partial charge < -0.3 is 9.88 Å². The van der Waals surface area contributed by atoms with E-state index < -0.39 is 0 Å². The Bertz CT molecular complexity index is 802. The molecule has 124 valence electrons. The minimum absolute atomic E-state index is 0.232. The van der Waals surface area contributed by atoms with E-state index in [1.54, 1.807) is 18.3 Å². The van der Waals surface area contributed by atoms with E-state index >= 15 is 0 Å². The molecule has 3 aromatic rings. The van der Waals surface area contributed by atoms with Gasteiger partial charge in [-0.2, -0.15) is 0 Å². The van der Waals surface area contributed by atoms with Crippen LogP contribution < -0.4 is 5.32 Å². The van der Waals surface area contributed by atoms with Crippen LogP contribution in [-0.2, 0) is 13.6 Å². The third-order valence-electron chi connectivity index (χ3n) is 4.23. The lowest BCUT2D eigenvalue weighted by Crippen LogP contribution is -2.05. The monoisotopic (exact) mass is 323 g/mol. The lowest BCUT2D eigenvalue weighted by Gasteiger charge is -2.10. The first kappa shape index (κ1) is 16.2. The number of rotatable bonds is 5. The topological polar surface area (TPSA) is 29.9 Å². The fourth-order valence-electron chi connectivity index (χ4n) is 2.66. The van der Waals surface area contributed by atoms with Gasteiger partial charge in [0.2, 0.25) is 5.95 Å². The van der Waals surface area contributed by atoms with E-state index in [2.05, 4.69) is 48.4 Å². The maximum atomic E-state index is 13.1. The summed E-state index contributed by atoms with van der Waals surface area (Å²) in [6, 6.07) is 15.1. The zero-order chi connectivity index (χ0) is 17.1. The van der Waals surface area contributed by atoms with Crippen molar-refractivity contribution in [1.29, 1.82) is 0 Å². The van der Waals surface area contributed by atoms with Crippen LogP contribution in [0.15, 0.2) is 54.7 Å². The van der Waals surface area contributed by atoms with Gasteiger partial charge in [0.05, 0.1) is 11.9 Å². The van der Waals surface area contributed by atoms with Crippen molar-refractivity contribution in [1.82, 2.24) is 9.55 Å². The van der Waals surface area contributed by atoms with E-state index in [1.807, 2.05) is 11.6 Å². The summed E-state index contributed by atoms with van der Waals surface area (Å²) in [4.78, 5) is 4.43. The maximum Gasteiger partial charge on any atom is 0.203 e. The number of hydrogen-bond acceptors (Lipinski definition) is 2. The van der Waals surface area contributed by atoms with E-state index in [-0.39, 0.29) is 5.82 Å². The molecule has 24 heavy (non-hydrogen) atoms. The lowest BCUT2D eigenvalue weighted by atomic mass is 10.0. The normalized spacial score (nSPS) is 11.0. The van der Waals surface area contributed by atoms with Crippen molar-refractivity contribution in [3.05, 3.63) is 71.7 Å². The Morgan fingerprint density at radius 2 is 1.71 bits per heavy atom. The standard InChI is InChI=1S/C20H22FN3/c1-14(2)16-6-4-15(5-7-16)12-22-20-23-13-19(24(20)3)17-8-10-18(21)11-9-17/h4-11,13-14H,12H2,1-3H3,(H,22,23). The number of anilines is 1. The number of nitrogens with zero attached hydrogens (tertiary/aromatic N) is 2. The molecule has 0 radical (unpaired) electrons. The minimum Gasteiger partial charge on any atom is -0.352 e. The molecule has 0 atom stereocenters. The number of halogens is 1. The van der Waals surface area contributed by atoms with Crippen LogP contribution in [0.5, 0.6) is 0 Å². The van der Waals surface area contributed by atoms with Gasteiger partial charge in [-0.1, -0.05) is 38.1 Å². The van der Waals surface area contributed by atoms with E-state index in [0.717, 1.165) is 17.2 Å². The van der Waals surface area contributed by atoms with Crippen LogP contribution in [0.2, 0.25) is 0 Å². The molecular weight excluding hydrogens is 301 g/mol.